The van der Waals surface area contributed by atoms with Crippen molar-refractivity contribution in [2.24, 2.45) is 0 Å². The third-order valence-corrected chi connectivity index (χ3v) is 4.40. The van der Waals surface area contributed by atoms with Gasteiger partial charge in [-0.05, 0) is 19.3 Å². The van der Waals surface area contributed by atoms with Crippen LogP contribution >= 0.6 is 11.3 Å². The van der Waals surface area contributed by atoms with Gasteiger partial charge in [-0.3, -0.25) is 14.4 Å². The molecule has 1 aromatic rings. The molecule has 0 radical (unpaired) electrons. The fraction of sp³-hybridized carbons (Fsp3) is 0.583. The van der Waals surface area contributed by atoms with E-state index in [4.69, 9.17) is 0 Å². The fourth-order valence-electron chi connectivity index (χ4n) is 2.76. The molecule has 1 unspecified atom stereocenters. The highest BCUT2D eigenvalue weighted by molar-refractivity contribution is 7.07. The number of H-pyrrole nitrogens is 1. The zero-order valence-electron chi connectivity index (χ0n) is 10.4. The number of piperazine rings is 1. The topological polar surface area (TPSA) is 73.5 Å². The monoisotopic (exact) mass is 281 g/mol. The summed E-state index contributed by atoms with van der Waals surface area (Å²) in [6.45, 7) is 1.12. The second-order valence-corrected chi connectivity index (χ2v) is 5.81. The number of rotatable bonds is 2. The Kier molecular flexibility index (Phi) is 3.14. The van der Waals surface area contributed by atoms with Crippen LogP contribution in [0.2, 0.25) is 0 Å². The van der Waals surface area contributed by atoms with Gasteiger partial charge < -0.3 is 14.8 Å². The number of carbonyl (C=O) groups excluding carboxylic acids is 2. The predicted molar refractivity (Wildman–Crippen MR) is 69.7 cm³/mol. The lowest BCUT2D eigenvalue weighted by molar-refractivity contribution is -0.158. The summed E-state index contributed by atoms with van der Waals surface area (Å²) in [5, 5.41) is 1.70. The number of hydrogen-bond acceptors (Lipinski definition) is 4. The van der Waals surface area contributed by atoms with Crippen molar-refractivity contribution in [3.8, 4) is 0 Å². The molecule has 2 fully saturated rings. The van der Waals surface area contributed by atoms with Crippen molar-refractivity contribution >= 4 is 23.2 Å². The number of carbonyl (C=O) groups is 2. The summed E-state index contributed by atoms with van der Waals surface area (Å²) >= 11 is 1.07. The Bertz CT molecular complexity index is 565. The maximum atomic E-state index is 12.4. The molecule has 3 heterocycles. The molecule has 2 aliphatic heterocycles. The molecule has 1 aromatic heterocycles. The Labute approximate surface area is 114 Å². The highest BCUT2D eigenvalue weighted by Crippen LogP contribution is 2.23. The van der Waals surface area contributed by atoms with Gasteiger partial charge in [0, 0.05) is 17.6 Å². The van der Waals surface area contributed by atoms with Crippen LogP contribution < -0.4 is 4.87 Å². The second kappa shape index (κ2) is 4.80. The van der Waals surface area contributed by atoms with Crippen molar-refractivity contribution in [3.63, 3.8) is 0 Å². The van der Waals surface area contributed by atoms with E-state index < -0.39 is 0 Å². The summed E-state index contributed by atoms with van der Waals surface area (Å²) in [7, 11) is 0. The van der Waals surface area contributed by atoms with Crippen LogP contribution in [0, 0.1) is 0 Å². The van der Waals surface area contributed by atoms with Crippen LogP contribution in [0.5, 0.6) is 0 Å². The summed E-state index contributed by atoms with van der Waals surface area (Å²) < 4.78 is 0. The van der Waals surface area contributed by atoms with Gasteiger partial charge in [0.15, 0.2) is 0 Å². The van der Waals surface area contributed by atoms with Crippen molar-refractivity contribution in [2.75, 3.05) is 13.1 Å². The van der Waals surface area contributed by atoms with E-state index in [1.165, 1.54) is 0 Å². The number of aromatic nitrogens is 1. The molecule has 2 amide bonds. The summed E-state index contributed by atoms with van der Waals surface area (Å²) in [4.78, 5) is 41.3. The number of amides is 2. The Hall–Kier alpha value is -1.63. The Morgan fingerprint density at radius 1 is 1.32 bits per heavy atom. The van der Waals surface area contributed by atoms with Gasteiger partial charge in [-0.2, -0.15) is 0 Å². The normalized spacial score (nSPS) is 23.7. The van der Waals surface area contributed by atoms with E-state index in [1.54, 1.807) is 15.2 Å². The molecule has 0 aromatic carbocycles. The number of piperidine rings is 1. The van der Waals surface area contributed by atoms with Gasteiger partial charge in [0.1, 0.15) is 12.6 Å². The molecule has 1 N–H and O–H groups in total. The average Bonchev–Trinajstić information content (AvgIpc) is 2.81. The fourth-order valence-corrected chi connectivity index (χ4v) is 3.33. The first-order chi connectivity index (χ1) is 9.15. The van der Waals surface area contributed by atoms with Gasteiger partial charge in [0.05, 0.1) is 6.54 Å². The van der Waals surface area contributed by atoms with E-state index >= 15 is 0 Å². The van der Waals surface area contributed by atoms with Crippen LogP contribution in [0.1, 0.15) is 25.0 Å². The minimum atomic E-state index is -0.291. The van der Waals surface area contributed by atoms with Crippen molar-refractivity contribution in [1.29, 1.82) is 0 Å². The summed E-state index contributed by atoms with van der Waals surface area (Å²) in [5.74, 6) is 0.0215. The van der Waals surface area contributed by atoms with E-state index in [-0.39, 0.29) is 29.3 Å². The molecule has 3 rings (SSSR count). The van der Waals surface area contributed by atoms with Gasteiger partial charge in [-0.15, -0.1) is 0 Å². The van der Waals surface area contributed by atoms with Crippen LogP contribution in [-0.2, 0) is 16.1 Å². The largest absolute Gasteiger partial charge is 0.329 e. The first kappa shape index (κ1) is 12.4. The standard InChI is InChI=1S/C12H15N3O3S/c16-10-6-14(5-8-7-19-12(18)13-8)11(17)9-3-1-2-4-15(9)10/h7,9H,1-6H2,(H,13,18). The molecule has 0 aliphatic carbocycles. The van der Waals surface area contributed by atoms with Crippen molar-refractivity contribution in [3.05, 3.63) is 20.7 Å². The Balaban J connectivity index is 1.77. The van der Waals surface area contributed by atoms with E-state index in [9.17, 15) is 14.4 Å². The molecule has 2 aliphatic rings. The molecule has 19 heavy (non-hydrogen) atoms. The van der Waals surface area contributed by atoms with Gasteiger partial charge in [-0.1, -0.05) is 11.3 Å². The number of nitrogens with one attached hydrogen (secondary N) is 1. The molecule has 6 nitrogen and oxygen atoms in total. The highest BCUT2D eigenvalue weighted by atomic mass is 32.1. The van der Waals surface area contributed by atoms with Crippen LogP contribution in [0.15, 0.2) is 10.2 Å². The smallest absolute Gasteiger partial charge is 0.304 e. The number of hydrogen-bond donors (Lipinski definition) is 1. The van der Waals surface area contributed by atoms with Crippen LogP contribution in [0.3, 0.4) is 0 Å². The predicted octanol–water partition coefficient (Wildman–Crippen LogP) is 0.160. The van der Waals surface area contributed by atoms with Crippen LogP contribution in [0.25, 0.3) is 0 Å². The first-order valence-electron chi connectivity index (χ1n) is 6.40. The van der Waals surface area contributed by atoms with Gasteiger partial charge >= 0.3 is 4.87 Å². The number of aromatic amines is 1. The molecule has 102 valence electrons. The molecule has 0 saturated carbocycles. The van der Waals surface area contributed by atoms with Gasteiger partial charge in [-0.25, -0.2) is 0 Å². The quantitative estimate of drug-likeness (QED) is 0.839. The maximum Gasteiger partial charge on any atom is 0.304 e. The summed E-state index contributed by atoms with van der Waals surface area (Å²) in [5.41, 5.74) is 0.695. The molecule has 1 atom stereocenters. The van der Waals surface area contributed by atoms with Crippen LogP contribution in [0.4, 0.5) is 0 Å². The molecule has 7 heteroatoms. The number of fused-ring (bicyclic) bond motifs is 1. The minimum absolute atomic E-state index is 0.00588. The van der Waals surface area contributed by atoms with Gasteiger partial charge in [0.25, 0.3) is 0 Å². The molecular formula is C12H15N3O3S. The zero-order valence-corrected chi connectivity index (χ0v) is 11.2. The summed E-state index contributed by atoms with van der Waals surface area (Å²) in [6.07, 6.45) is 2.72. The number of thiazole rings is 1. The second-order valence-electron chi connectivity index (χ2n) is 4.97. The molecular weight excluding hydrogens is 266 g/mol. The van der Waals surface area contributed by atoms with Crippen LogP contribution in [-0.4, -0.2) is 45.7 Å². The van der Waals surface area contributed by atoms with E-state index in [2.05, 4.69) is 4.98 Å². The first-order valence-corrected chi connectivity index (χ1v) is 7.28. The Morgan fingerprint density at radius 3 is 2.89 bits per heavy atom. The van der Waals surface area contributed by atoms with Crippen molar-refractivity contribution in [1.82, 2.24) is 14.8 Å². The summed E-state index contributed by atoms with van der Waals surface area (Å²) in [6, 6.07) is -0.291. The lowest BCUT2D eigenvalue weighted by Crippen LogP contribution is -2.60. The highest BCUT2D eigenvalue weighted by Gasteiger charge is 2.40. The molecule has 0 bridgehead atoms. The third-order valence-electron chi connectivity index (χ3n) is 3.68. The van der Waals surface area contributed by atoms with E-state index in [0.717, 1.165) is 30.6 Å². The molecule has 0 spiro atoms. The molecule has 2 saturated heterocycles. The van der Waals surface area contributed by atoms with Crippen molar-refractivity contribution in [2.45, 2.75) is 31.8 Å². The minimum Gasteiger partial charge on any atom is -0.329 e. The lowest BCUT2D eigenvalue weighted by atomic mass is 9.98. The SMILES string of the molecule is O=C1C2CCCCN2C(=O)CN1Cc1csc(=O)[nH]1. The van der Waals surface area contributed by atoms with E-state index in [0.29, 0.717) is 18.8 Å². The maximum absolute atomic E-state index is 12.4. The average molecular weight is 281 g/mol. The zero-order chi connectivity index (χ0) is 13.4. The lowest BCUT2D eigenvalue weighted by Gasteiger charge is -2.42. The van der Waals surface area contributed by atoms with E-state index in [1.807, 2.05) is 0 Å². The van der Waals surface area contributed by atoms with Crippen molar-refractivity contribution < 1.29 is 9.59 Å². The third kappa shape index (κ3) is 2.30. The Morgan fingerprint density at radius 2 is 2.16 bits per heavy atom. The number of nitrogens with zero attached hydrogens (tertiary/aromatic N) is 2. The van der Waals surface area contributed by atoms with Gasteiger partial charge in [0.2, 0.25) is 11.8 Å².